The monoisotopic (exact) mass is 304 g/mol. The number of benzene rings is 1. The highest BCUT2D eigenvalue weighted by molar-refractivity contribution is 7.11. The van der Waals surface area contributed by atoms with Crippen LogP contribution in [-0.4, -0.2) is 0 Å². The van der Waals surface area contributed by atoms with Gasteiger partial charge in [0.05, 0.1) is 10.4 Å². The molecule has 0 N–H and O–H groups in total. The second-order valence-corrected chi connectivity index (χ2v) is 6.15. The fourth-order valence-corrected chi connectivity index (χ4v) is 3.51. The molecule has 0 aliphatic heterocycles. The van der Waals surface area contributed by atoms with Crippen molar-refractivity contribution in [1.29, 1.82) is 0 Å². The van der Waals surface area contributed by atoms with Crippen molar-refractivity contribution in [2.45, 2.75) is 18.7 Å². The van der Waals surface area contributed by atoms with E-state index in [4.69, 9.17) is 34.8 Å². The van der Waals surface area contributed by atoms with Gasteiger partial charge < -0.3 is 0 Å². The Kier molecular flexibility index (Phi) is 4.37. The summed E-state index contributed by atoms with van der Waals surface area (Å²) in [6, 6.07) is 7.74. The highest BCUT2D eigenvalue weighted by atomic mass is 35.5. The lowest BCUT2D eigenvalue weighted by atomic mass is 10.1. The first kappa shape index (κ1) is 13.2. The van der Waals surface area contributed by atoms with Crippen LogP contribution in [-0.2, 0) is 6.42 Å². The second-order valence-electron chi connectivity index (χ2n) is 3.90. The van der Waals surface area contributed by atoms with E-state index in [1.54, 1.807) is 11.3 Å². The standard InChI is InChI=1S/C13H11Cl3S/c1-8-7-17-13(12(8)16)11(15)6-9-2-4-10(14)5-3-9/h2-5,7,11H,6H2,1H3. The van der Waals surface area contributed by atoms with Crippen LogP contribution in [0.1, 0.15) is 21.4 Å². The van der Waals surface area contributed by atoms with Crippen molar-refractivity contribution in [2.75, 3.05) is 0 Å². The van der Waals surface area contributed by atoms with Crippen LogP contribution in [0, 0.1) is 6.92 Å². The molecule has 0 radical (unpaired) electrons. The van der Waals surface area contributed by atoms with Crippen molar-refractivity contribution in [3.05, 3.63) is 55.7 Å². The third-order valence-corrected chi connectivity index (χ3v) is 5.12. The summed E-state index contributed by atoms with van der Waals surface area (Å²) >= 11 is 20.1. The van der Waals surface area contributed by atoms with E-state index in [0.717, 1.165) is 32.5 Å². The molecule has 0 saturated heterocycles. The van der Waals surface area contributed by atoms with Gasteiger partial charge in [-0.3, -0.25) is 0 Å². The van der Waals surface area contributed by atoms with E-state index in [-0.39, 0.29) is 5.38 Å². The average Bonchev–Trinajstić information content (AvgIpc) is 2.63. The number of aryl methyl sites for hydroxylation is 1. The van der Waals surface area contributed by atoms with E-state index in [1.807, 2.05) is 36.6 Å². The zero-order chi connectivity index (χ0) is 12.4. The summed E-state index contributed by atoms with van der Waals surface area (Å²) in [7, 11) is 0. The lowest BCUT2D eigenvalue weighted by molar-refractivity contribution is 0.939. The lowest BCUT2D eigenvalue weighted by Gasteiger charge is -2.08. The Morgan fingerprint density at radius 3 is 2.35 bits per heavy atom. The molecular weight excluding hydrogens is 295 g/mol. The Bertz CT molecular complexity index is 502. The summed E-state index contributed by atoms with van der Waals surface area (Å²) in [6.07, 6.45) is 0.762. The first-order chi connectivity index (χ1) is 8.08. The van der Waals surface area contributed by atoms with Gasteiger partial charge >= 0.3 is 0 Å². The molecule has 0 saturated carbocycles. The number of hydrogen-bond donors (Lipinski definition) is 0. The Balaban J connectivity index is 2.14. The van der Waals surface area contributed by atoms with Gasteiger partial charge in [0.15, 0.2) is 0 Å². The molecule has 0 fully saturated rings. The number of thiophene rings is 1. The first-order valence-corrected chi connectivity index (χ1v) is 7.27. The van der Waals surface area contributed by atoms with Crippen molar-refractivity contribution in [2.24, 2.45) is 0 Å². The Morgan fingerprint density at radius 2 is 1.82 bits per heavy atom. The highest BCUT2D eigenvalue weighted by Gasteiger charge is 2.16. The minimum atomic E-state index is -0.0811. The minimum absolute atomic E-state index is 0.0811. The average molecular weight is 306 g/mol. The molecule has 0 aliphatic rings. The van der Waals surface area contributed by atoms with Crippen LogP contribution in [0.3, 0.4) is 0 Å². The fourth-order valence-electron chi connectivity index (χ4n) is 1.58. The molecule has 1 unspecified atom stereocenters. The molecule has 0 amide bonds. The lowest BCUT2D eigenvalue weighted by Crippen LogP contribution is -1.94. The van der Waals surface area contributed by atoms with E-state index in [1.165, 1.54) is 0 Å². The van der Waals surface area contributed by atoms with Crippen LogP contribution in [0.25, 0.3) is 0 Å². The van der Waals surface area contributed by atoms with E-state index in [0.29, 0.717) is 0 Å². The molecule has 1 aromatic heterocycles. The molecule has 0 aliphatic carbocycles. The van der Waals surface area contributed by atoms with Gasteiger partial charge in [0.2, 0.25) is 0 Å². The molecule has 17 heavy (non-hydrogen) atoms. The molecule has 1 aromatic carbocycles. The SMILES string of the molecule is Cc1csc(C(Cl)Cc2ccc(Cl)cc2)c1Cl. The summed E-state index contributed by atoms with van der Waals surface area (Å²) in [4.78, 5) is 1.04. The third kappa shape index (κ3) is 3.17. The maximum atomic E-state index is 6.39. The summed E-state index contributed by atoms with van der Waals surface area (Å²) < 4.78 is 0. The summed E-state index contributed by atoms with van der Waals surface area (Å²) in [5.74, 6) is 0. The van der Waals surface area contributed by atoms with Crippen LogP contribution in [0.2, 0.25) is 10.0 Å². The van der Waals surface area contributed by atoms with E-state index in [9.17, 15) is 0 Å². The van der Waals surface area contributed by atoms with Gasteiger partial charge in [-0.15, -0.1) is 22.9 Å². The van der Waals surface area contributed by atoms with Gasteiger partial charge in [-0.2, -0.15) is 0 Å². The molecule has 0 bridgehead atoms. The molecule has 0 spiro atoms. The molecule has 1 atom stereocenters. The smallest absolute Gasteiger partial charge is 0.0733 e. The Labute approximate surface area is 120 Å². The van der Waals surface area contributed by atoms with Gasteiger partial charge in [-0.25, -0.2) is 0 Å². The first-order valence-electron chi connectivity index (χ1n) is 5.20. The zero-order valence-corrected chi connectivity index (χ0v) is 12.3. The summed E-state index contributed by atoms with van der Waals surface area (Å²) in [6.45, 7) is 1.99. The molecular formula is C13H11Cl3S. The molecule has 2 aromatic rings. The van der Waals surface area contributed by atoms with Crippen LogP contribution >= 0.6 is 46.1 Å². The van der Waals surface area contributed by atoms with Crippen molar-refractivity contribution in [1.82, 2.24) is 0 Å². The number of halogens is 3. The van der Waals surface area contributed by atoms with Crippen molar-refractivity contribution < 1.29 is 0 Å². The van der Waals surface area contributed by atoms with Crippen molar-refractivity contribution in [3.63, 3.8) is 0 Å². The molecule has 2 rings (SSSR count). The van der Waals surface area contributed by atoms with Gasteiger partial charge in [0, 0.05) is 9.90 Å². The van der Waals surface area contributed by atoms with Gasteiger partial charge in [0.25, 0.3) is 0 Å². The van der Waals surface area contributed by atoms with Crippen LogP contribution in [0.5, 0.6) is 0 Å². The Morgan fingerprint density at radius 1 is 1.18 bits per heavy atom. The predicted molar refractivity (Wildman–Crippen MR) is 77.8 cm³/mol. The summed E-state index contributed by atoms with van der Waals surface area (Å²) in [5, 5.41) is 3.49. The predicted octanol–water partition coefficient (Wildman–Crippen LogP) is 5.89. The maximum Gasteiger partial charge on any atom is 0.0733 e. The maximum absolute atomic E-state index is 6.39. The Hall–Kier alpha value is -0.210. The normalized spacial score (nSPS) is 12.7. The van der Waals surface area contributed by atoms with Gasteiger partial charge in [-0.1, -0.05) is 35.3 Å². The highest BCUT2D eigenvalue weighted by Crippen LogP contribution is 2.37. The number of hydrogen-bond acceptors (Lipinski definition) is 1. The van der Waals surface area contributed by atoms with Crippen LogP contribution in [0.4, 0.5) is 0 Å². The van der Waals surface area contributed by atoms with E-state index >= 15 is 0 Å². The minimum Gasteiger partial charge on any atom is -0.145 e. The molecule has 4 heteroatoms. The van der Waals surface area contributed by atoms with Crippen LogP contribution in [0.15, 0.2) is 29.6 Å². The largest absolute Gasteiger partial charge is 0.145 e. The second kappa shape index (κ2) is 5.62. The summed E-state index contributed by atoms with van der Waals surface area (Å²) in [5.41, 5.74) is 2.25. The van der Waals surface area contributed by atoms with Crippen molar-refractivity contribution in [3.8, 4) is 0 Å². The van der Waals surface area contributed by atoms with Gasteiger partial charge in [-0.05, 0) is 42.0 Å². The quantitative estimate of drug-likeness (QED) is 0.621. The topological polar surface area (TPSA) is 0 Å². The van der Waals surface area contributed by atoms with Crippen LogP contribution < -0.4 is 0 Å². The van der Waals surface area contributed by atoms with Crippen molar-refractivity contribution >= 4 is 46.1 Å². The van der Waals surface area contributed by atoms with E-state index in [2.05, 4.69) is 0 Å². The zero-order valence-electron chi connectivity index (χ0n) is 9.21. The molecule has 90 valence electrons. The van der Waals surface area contributed by atoms with Gasteiger partial charge in [0.1, 0.15) is 0 Å². The van der Waals surface area contributed by atoms with E-state index < -0.39 is 0 Å². The third-order valence-electron chi connectivity index (χ3n) is 2.54. The number of rotatable bonds is 3. The molecule has 0 nitrogen and oxygen atoms in total. The molecule has 1 heterocycles. The number of alkyl halides is 1. The fraction of sp³-hybridized carbons (Fsp3) is 0.231.